The lowest BCUT2D eigenvalue weighted by Crippen LogP contribution is -2.59. The van der Waals surface area contributed by atoms with Crippen molar-refractivity contribution in [1.82, 2.24) is 10.6 Å². The summed E-state index contributed by atoms with van der Waals surface area (Å²) < 4.78 is 5.70. The molecule has 0 radical (unpaired) electrons. The molecule has 1 aromatic rings. The standard InChI is InChI=1S/C21H32N2O/c1-2-24-20-6-4-3-5-19(20)15-22-7-8-23-21-12-16-9-17(13-21)11-18(10-16)14-21/h3-6,16-18,22-23H,2,7-15H2,1H3. The minimum absolute atomic E-state index is 0.486. The summed E-state index contributed by atoms with van der Waals surface area (Å²) in [4.78, 5) is 0. The van der Waals surface area contributed by atoms with Gasteiger partial charge in [0.1, 0.15) is 5.75 Å². The minimum Gasteiger partial charge on any atom is -0.494 e. The van der Waals surface area contributed by atoms with Gasteiger partial charge in [-0.15, -0.1) is 0 Å². The largest absolute Gasteiger partial charge is 0.494 e. The third-order valence-electron chi connectivity index (χ3n) is 6.43. The smallest absolute Gasteiger partial charge is 0.123 e. The Morgan fingerprint density at radius 2 is 1.67 bits per heavy atom. The normalized spacial score (nSPS) is 33.8. The summed E-state index contributed by atoms with van der Waals surface area (Å²) in [5, 5.41) is 7.55. The molecule has 132 valence electrons. The summed E-state index contributed by atoms with van der Waals surface area (Å²) in [6.07, 6.45) is 8.87. The van der Waals surface area contributed by atoms with Crippen LogP contribution in [0.1, 0.15) is 51.0 Å². The van der Waals surface area contributed by atoms with Gasteiger partial charge in [-0.1, -0.05) is 18.2 Å². The van der Waals surface area contributed by atoms with Crippen LogP contribution in [0.5, 0.6) is 5.75 Å². The number of rotatable bonds is 8. The van der Waals surface area contributed by atoms with Crippen molar-refractivity contribution in [3.8, 4) is 5.75 Å². The molecule has 0 spiro atoms. The highest BCUT2D eigenvalue weighted by Crippen LogP contribution is 2.55. The van der Waals surface area contributed by atoms with Crippen LogP contribution in [0.15, 0.2) is 24.3 Å². The molecule has 4 aliphatic rings. The highest BCUT2D eigenvalue weighted by Gasteiger charge is 2.50. The van der Waals surface area contributed by atoms with Crippen LogP contribution in [-0.4, -0.2) is 25.2 Å². The van der Waals surface area contributed by atoms with E-state index in [1.165, 1.54) is 44.1 Å². The fourth-order valence-electron chi connectivity index (χ4n) is 5.91. The van der Waals surface area contributed by atoms with Gasteiger partial charge in [-0.2, -0.15) is 0 Å². The average Bonchev–Trinajstić information content (AvgIpc) is 2.55. The lowest BCUT2D eigenvalue weighted by atomic mass is 9.53. The molecule has 0 aromatic heterocycles. The predicted molar refractivity (Wildman–Crippen MR) is 98.2 cm³/mol. The van der Waals surface area contributed by atoms with Crippen molar-refractivity contribution in [3.63, 3.8) is 0 Å². The van der Waals surface area contributed by atoms with Crippen molar-refractivity contribution in [1.29, 1.82) is 0 Å². The van der Waals surface area contributed by atoms with E-state index in [0.717, 1.165) is 49.7 Å². The maximum Gasteiger partial charge on any atom is 0.123 e. The average molecular weight is 329 g/mol. The third-order valence-corrected chi connectivity index (χ3v) is 6.43. The molecule has 4 fully saturated rings. The summed E-state index contributed by atoms with van der Waals surface area (Å²) >= 11 is 0. The van der Waals surface area contributed by atoms with Gasteiger partial charge in [0.15, 0.2) is 0 Å². The Bertz CT molecular complexity index is 521. The van der Waals surface area contributed by atoms with Crippen molar-refractivity contribution < 1.29 is 4.74 Å². The maximum atomic E-state index is 5.70. The van der Waals surface area contributed by atoms with Crippen LogP contribution in [-0.2, 0) is 6.54 Å². The van der Waals surface area contributed by atoms with E-state index >= 15 is 0 Å². The van der Waals surface area contributed by atoms with Crippen LogP contribution in [0, 0.1) is 17.8 Å². The molecule has 2 N–H and O–H groups in total. The van der Waals surface area contributed by atoms with Crippen LogP contribution < -0.4 is 15.4 Å². The molecule has 1 aromatic carbocycles. The molecule has 0 aliphatic heterocycles. The molecule has 3 nitrogen and oxygen atoms in total. The Hall–Kier alpha value is -1.06. The van der Waals surface area contributed by atoms with E-state index in [1.54, 1.807) is 0 Å². The Balaban J connectivity index is 1.23. The van der Waals surface area contributed by atoms with E-state index in [-0.39, 0.29) is 0 Å². The van der Waals surface area contributed by atoms with Crippen LogP contribution in [0.25, 0.3) is 0 Å². The van der Waals surface area contributed by atoms with Gasteiger partial charge >= 0.3 is 0 Å². The first-order valence-electron chi connectivity index (χ1n) is 9.93. The Morgan fingerprint density at radius 1 is 1.00 bits per heavy atom. The van der Waals surface area contributed by atoms with Gasteiger partial charge in [-0.05, 0) is 69.3 Å². The zero-order chi connectivity index (χ0) is 16.4. The molecular weight excluding hydrogens is 296 g/mol. The lowest BCUT2D eigenvalue weighted by molar-refractivity contribution is -0.0192. The molecule has 3 heteroatoms. The first-order valence-corrected chi connectivity index (χ1v) is 9.93. The summed E-state index contributed by atoms with van der Waals surface area (Å²) in [6, 6.07) is 8.36. The van der Waals surface area contributed by atoms with E-state index in [0.29, 0.717) is 5.54 Å². The van der Waals surface area contributed by atoms with E-state index < -0.39 is 0 Å². The topological polar surface area (TPSA) is 33.3 Å². The number of hydrogen-bond donors (Lipinski definition) is 2. The zero-order valence-electron chi connectivity index (χ0n) is 15.0. The van der Waals surface area contributed by atoms with Gasteiger partial charge < -0.3 is 15.4 Å². The van der Waals surface area contributed by atoms with Crippen molar-refractivity contribution >= 4 is 0 Å². The van der Waals surface area contributed by atoms with Gasteiger partial charge in [0.2, 0.25) is 0 Å². The molecule has 24 heavy (non-hydrogen) atoms. The van der Waals surface area contributed by atoms with Crippen molar-refractivity contribution in [2.75, 3.05) is 19.7 Å². The molecule has 5 rings (SSSR count). The molecule has 0 heterocycles. The van der Waals surface area contributed by atoms with Crippen LogP contribution >= 0.6 is 0 Å². The summed E-state index contributed by atoms with van der Waals surface area (Å²) in [5.74, 6) is 4.08. The third kappa shape index (κ3) is 3.48. The number of hydrogen-bond acceptors (Lipinski definition) is 3. The van der Waals surface area contributed by atoms with Crippen molar-refractivity contribution in [2.45, 2.75) is 57.5 Å². The summed E-state index contributed by atoms with van der Waals surface area (Å²) in [6.45, 7) is 5.77. The van der Waals surface area contributed by atoms with Crippen molar-refractivity contribution in [2.24, 2.45) is 17.8 Å². The second-order valence-electron chi connectivity index (χ2n) is 8.34. The molecular formula is C21H32N2O. The molecule has 4 aliphatic carbocycles. The van der Waals surface area contributed by atoms with Gasteiger partial charge in [-0.25, -0.2) is 0 Å². The van der Waals surface area contributed by atoms with Crippen LogP contribution in [0.4, 0.5) is 0 Å². The minimum atomic E-state index is 0.486. The van der Waals surface area contributed by atoms with Crippen molar-refractivity contribution in [3.05, 3.63) is 29.8 Å². The quantitative estimate of drug-likeness (QED) is 0.713. The second-order valence-corrected chi connectivity index (χ2v) is 8.34. The number of ether oxygens (including phenoxy) is 1. The first kappa shape index (κ1) is 16.4. The number of para-hydroxylation sites is 1. The summed E-state index contributed by atoms with van der Waals surface area (Å²) in [5.41, 5.74) is 1.74. The molecule has 0 saturated heterocycles. The summed E-state index contributed by atoms with van der Waals surface area (Å²) in [7, 11) is 0. The lowest BCUT2D eigenvalue weighted by Gasteiger charge is -2.57. The molecule has 0 unspecified atom stereocenters. The fourth-order valence-corrected chi connectivity index (χ4v) is 5.91. The van der Waals surface area contributed by atoms with E-state index in [4.69, 9.17) is 4.74 Å². The maximum absolute atomic E-state index is 5.70. The predicted octanol–water partition coefficient (Wildman–Crippen LogP) is 3.73. The molecule has 0 amide bonds. The van der Waals surface area contributed by atoms with Crippen LogP contribution in [0.2, 0.25) is 0 Å². The molecule has 0 atom stereocenters. The highest BCUT2D eigenvalue weighted by molar-refractivity contribution is 5.33. The van der Waals surface area contributed by atoms with Gasteiger partial charge in [0.25, 0.3) is 0 Å². The monoisotopic (exact) mass is 328 g/mol. The zero-order valence-corrected chi connectivity index (χ0v) is 15.0. The SMILES string of the molecule is CCOc1ccccc1CNCCNC12CC3CC(CC(C3)C1)C2. The van der Waals surface area contributed by atoms with E-state index in [1.807, 2.05) is 13.0 Å². The Labute approximate surface area is 146 Å². The first-order chi connectivity index (χ1) is 11.8. The van der Waals surface area contributed by atoms with Gasteiger partial charge in [-0.3, -0.25) is 0 Å². The number of nitrogens with one attached hydrogen (secondary N) is 2. The van der Waals surface area contributed by atoms with E-state index in [9.17, 15) is 0 Å². The molecule has 4 saturated carbocycles. The van der Waals surface area contributed by atoms with E-state index in [2.05, 4.69) is 28.8 Å². The van der Waals surface area contributed by atoms with Gasteiger partial charge in [0.05, 0.1) is 6.61 Å². The Kier molecular flexibility index (Phi) is 4.82. The second kappa shape index (κ2) is 7.05. The number of benzene rings is 1. The highest BCUT2D eigenvalue weighted by atomic mass is 16.5. The Morgan fingerprint density at radius 3 is 2.33 bits per heavy atom. The fraction of sp³-hybridized carbons (Fsp3) is 0.714. The van der Waals surface area contributed by atoms with Gasteiger partial charge in [0, 0.05) is 30.7 Å². The van der Waals surface area contributed by atoms with Crippen LogP contribution in [0.3, 0.4) is 0 Å². The molecule has 4 bridgehead atoms.